The van der Waals surface area contributed by atoms with Crippen LogP contribution in [0, 0.1) is 0 Å². The van der Waals surface area contributed by atoms with Gasteiger partial charge in [-0.15, -0.1) is 0 Å². The number of nitrogens with one attached hydrogen (secondary N) is 1. The first-order valence-electron chi connectivity index (χ1n) is 8.13. The fraction of sp³-hybridized carbons (Fsp3) is 0.150. The van der Waals surface area contributed by atoms with E-state index in [2.05, 4.69) is 15.2 Å². The summed E-state index contributed by atoms with van der Waals surface area (Å²) < 4.78 is 6.20. The van der Waals surface area contributed by atoms with E-state index in [1.165, 1.54) is 7.11 Å². The van der Waals surface area contributed by atoms with Crippen molar-refractivity contribution in [3.05, 3.63) is 71.9 Å². The molecule has 1 N–H and O–H groups in total. The van der Waals surface area contributed by atoms with Crippen molar-refractivity contribution in [2.24, 2.45) is 7.05 Å². The third kappa shape index (κ3) is 3.97. The summed E-state index contributed by atoms with van der Waals surface area (Å²) in [6.45, 7) is 0. The second-order valence-corrected chi connectivity index (χ2v) is 5.81. The van der Waals surface area contributed by atoms with Crippen LogP contribution in [0.4, 0.5) is 5.69 Å². The number of anilines is 1. The second-order valence-electron chi connectivity index (χ2n) is 5.81. The van der Waals surface area contributed by atoms with Gasteiger partial charge in [0.25, 0.3) is 5.91 Å². The summed E-state index contributed by atoms with van der Waals surface area (Å²) in [5, 5.41) is 7.25. The molecule has 26 heavy (non-hydrogen) atoms. The number of carbonyl (C=O) groups excluding carboxylic acids is 2. The van der Waals surface area contributed by atoms with E-state index in [4.69, 9.17) is 0 Å². The molecule has 3 rings (SSSR count). The van der Waals surface area contributed by atoms with Crippen molar-refractivity contribution >= 4 is 17.6 Å². The third-order valence-corrected chi connectivity index (χ3v) is 3.97. The molecule has 0 saturated heterocycles. The van der Waals surface area contributed by atoms with E-state index in [-0.39, 0.29) is 18.3 Å². The van der Waals surface area contributed by atoms with Crippen LogP contribution in [-0.4, -0.2) is 28.8 Å². The Balaban J connectivity index is 1.72. The summed E-state index contributed by atoms with van der Waals surface area (Å²) in [5.74, 6) is -0.548. The molecule has 132 valence electrons. The minimum absolute atomic E-state index is 0.201. The number of hydrogen-bond donors (Lipinski definition) is 1. The molecule has 0 spiro atoms. The molecular weight excluding hydrogens is 330 g/mol. The van der Waals surface area contributed by atoms with Gasteiger partial charge in [0.05, 0.1) is 19.2 Å². The molecular formula is C20H19N3O3. The monoisotopic (exact) mass is 349 g/mol. The number of aromatic nitrogens is 2. The molecule has 3 aromatic rings. The zero-order valence-corrected chi connectivity index (χ0v) is 14.6. The SMILES string of the molecule is COC(=O)Cc1ccc(NC(=O)c2cc(-c3ccccc3)nn2C)cc1. The van der Waals surface area contributed by atoms with E-state index in [0.717, 1.165) is 16.8 Å². The van der Waals surface area contributed by atoms with E-state index >= 15 is 0 Å². The van der Waals surface area contributed by atoms with Crippen molar-refractivity contribution in [2.45, 2.75) is 6.42 Å². The van der Waals surface area contributed by atoms with Crippen LogP contribution in [0.3, 0.4) is 0 Å². The third-order valence-electron chi connectivity index (χ3n) is 3.97. The number of nitrogens with zero attached hydrogens (tertiary/aromatic N) is 2. The van der Waals surface area contributed by atoms with Crippen LogP contribution in [0.15, 0.2) is 60.7 Å². The van der Waals surface area contributed by atoms with Crippen LogP contribution >= 0.6 is 0 Å². The Morgan fingerprint density at radius 2 is 1.77 bits per heavy atom. The predicted molar refractivity (Wildman–Crippen MR) is 98.8 cm³/mol. The number of aryl methyl sites for hydroxylation is 1. The van der Waals surface area contributed by atoms with E-state index < -0.39 is 0 Å². The molecule has 1 aromatic heterocycles. The molecule has 0 atom stereocenters. The average molecular weight is 349 g/mol. The van der Waals surface area contributed by atoms with Crippen LogP contribution in [0.1, 0.15) is 16.1 Å². The lowest BCUT2D eigenvalue weighted by atomic mass is 10.1. The largest absolute Gasteiger partial charge is 0.469 e. The van der Waals surface area contributed by atoms with Gasteiger partial charge in [-0.05, 0) is 23.8 Å². The van der Waals surface area contributed by atoms with Crippen molar-refractivity contribution < 1.29 is 14.3 Å². The Bertz CT molecular complexity index is 915. The maximum Gasteiger partial charge on any atom is 0.309 e. The Morgan fingerprint density at radius 3 is 2.42 bits per heavy atom. The molecule has 0 saturated carbocycles. The summed E-state index contributed by atoms with van der Waals surface area (Å²) >= 11 is 0. The Labute approximate surface area is 151 Å². The topological polar surface area (TPSA) is 73.2 Å². The van der Waals surface area contributed by atoms with Crippen molar-refractivity contribution in [3.8, 4) is 11.3 Å². The van der Waals surface area contributed by atoms with E-state index in [0.29, 0.717) is 11.4 Å². The maximum atomic E-state index is 12.5. The van der Waals surface area contributed by atoms with Gasteiger partial charge in [-0.3, -0.25) is 14.3 Å². The first-order valence-corrected chi connectivity index (χ1v) is 8.13. The Hall–Kier alpha value is -3.41. The van der Waals surface area contributed by atoms with Crippen LogP contribution in [0.25, 0.3) is 11.3 Å². The number of ether oxygens (including phenoxy) is 1. The highest BCUT2D eigenvalue weighted by molar-refractivity contribution is 6.03. The van der Waals surface area contributed by atoms with Gasteiger partial charge in [0.15, 0.2) is 0 Å². The first-order chi connectivity index (χ1) is 12.6. The van der Waals surface area contributed by atoms with Gasteiger partial charge in [-0.25, -0.2) is 0 Å². The highest BCUT2D eigenvalue weighted by Gasteiger charge is 2.14. The zero-order chi connectivity index (χ0) is 18.5. The van der Waals surface area contributed by atoms with Gasteiger partial charge in [0.2, 0.25) is 0 Å². The predicted octanol–water partition coefficient (Wildman–Crippen LogP) is 3.05. The van der Waals surface area contributed by atoms with Crippen LogP contribution in [0.5, 0.6) is 0 Å². The molecule has 0 fully saturated rings. The number of carbonyl (C=O) groups is 2. The van der Waals surface area contributed by atoms with Crippen molar-refractivity contribution in [3.63, 3.8) is 0 Å². The first kappa shape index (κ1) is 17.4. The molecule has 0 aliphatic rings. The van der Waals surface area contributed by atoms with Crippen molar-refractivity contribution in [1.82, 2.24) is 9.78 Å². The van der Waals surface area contributed by atoms with Crippen molar-refractivity contribution in [2.75, 3.05) is 12.4 Å². The smallest absolute Gasteiger partial charge is 0.309 e. The number of methoxy groups -OCH3 is 1. The number of benzene rings is 2. The Morgan fingerprint density at radius 1 is 1.08 bits per heavy atom. The molecule has 2 aromatic carbocycles. The summed E-state index contributed by atoms with van der Waals surface area (Å²) in [6, 6.07) is 18.5. The molecule has 1 amide bonds. The molecule has 0 radical (unpaired) electrons. The molecule has 0 aliphatic heterocycles. The van der Waals surface area contributed by atoms with Crippen LogP contribution < -0.4 is 5.32 Å². The maximum absolute atomic E-state index is 12.5. The van der Waals surface area contributed by atoms with E-state index in [9.17, 15) is 9.59 Å². The summed E-state index contributed by atoms with van der Waals surface area (Å²) in [7, 11) is 3.09. The summed E-state index contributed by atoms with van der Waals surface area (Å²) in [6.07, 6.45) is 0.201. The number of rotatable bonds is 5. The molecule has 0 aliphatic carbocycles. The molecule has 6 nitrogen and oxygen atoms in total. The van der Waals surface area contributed by atoms with E-state index in [1.807, 2.05) is 30.3 Å². The lowest BCUT2D eigenvalue weighted by Crippen LogP contribution is -2.16. The van der Waals surface area contributed by atoms with Crippen molar-refractivity contribution in [1.29, 1.82) is 0 Å². The van der Waals surface area contributed by atoms with Crippen LogP contribution in [0.2, 0.25) is 0 Å². The lowest BCUT2D eigenvalue weighted by molar-refractivity contribution is -0.139. The fourth-order valence-corrected chi connectivity index (χ4v) is 2.57. The van der Waals surface area contributed by atoms with Crippen LogP contribution in [-0.2, 0) is 23.0 Å². The minimum atomic E-state index is -0.301. The van der Waals surface area contributed by atoms with Gasteiger partial charge < -0.3 is 10.1 Å². The molecule has 0 bridgehead atoms. The van der Waals surface area contributed by atoms with Gasteiger partial charge >= 0.3 is 5.97 Å². The average Bonchev–Trinajstić information content (AvgIpc) is 3.06. The summed E-state index contributed by atoms with van der Waals surface area (Å²) in [5.41, 5.74) is 3.62. The number of hydrogen-bond acceptors (Lipinski definition) is 4. The quantitative estimate of drug-likeness (QED) is 0.719. The normalized spacial score (nSPS) is 10.4. The summed E-state index contributed by atoms with van der Waals surface area (Å²) in [4.78, 5) is 23.8. The van der Waals surface area contributed by atoms with Gasteiger partial charge in [-0.2, -0.15) is 5.10 Å². The molecule has 1 heterocycles. The van der Waals surface area contributed by atoms with Gasteiger partial charge in [0, 0.05) is 18.3 Å². The lowest BCUT2D eigenvalue weighted by Gasteiger charge is -2.06. The fourth-order valence-electron chi connectivity index (χ4n) is 2.57. The molecule has 0 unspecified atom stereocenters. The standard InChI is InChI=1S/C20H19N3O3/c1-23-18(13-17(22-23)15-6-4-3-5-7-15)20(25)21-16-10-8-14(9-11-16)12-19(24)26-2/h3-11,13H,12H2,1-2H3,(H,21,25). The van der Waals surface area contributed by atoms with E-state index in [1.54, 1.807) is 42.1 Å². The highest BCUT2D eigenvalue weighted by Crippen LogP contribution is 2.19. The van der Waals surface area contributed by atoms with Gasteiger partial charge in [-0.1, -0.05) is 42.5 Å². The number of amides is 1. The second kappa shape index (κ2) is 7.65. The Kier molecular flexibility index (Phi) is 5.12. The number of esters is 1. The minimum Gasteiger partial charge on any atom is -0.469 e. The molecule has 6 heteroatoms. The highest BCUT2D eigenvalue weighted by atomic mass is 16.5. The zero-order valence-electron chi connectivity index (χ0n) is 14.6. The van der Waals surface area contributed by atoms with Gasteiger partial charge in [0.1, 0.15) is 5.69 Å².